The Morgan fingerprint density at radius 1 is 1.37 bits per heavy atom. The van der Waals surface area contributed by atoms with Crippen molar-refractivity contribution in [1.82, 2.24) is 5.32 Å². The van der Waals surface area contributed by atoms with E-state index in [2.05, 4.69) is 10.1 Å². The second-order valence-corrected chi connectivity index (χ2v) is 4.68. The number of halogens is 4. The van der Waals surface area contributed by atoms with E-state index in [-0.39, 0.29) is 23.3 Å². The number of piperidine rings is 1. The van der Waals surface area contributed by atoms with Gasteiger partial charge < -0.3 is 10.1 Å². The molecule has 0 unspecified atom stereocenters. The summed E-state index contributed by atoms with van der Waals surface area (Å²) in [6.07, 6.45) is -3.85. The summed E-state index contributed by atoms with van der Waals surface area (Å²) in [6.45, 7) is 0.515. The number of rotatable bonds is 2. The highest BCUT2D eigenvalue weighted by atomic mass is 35.5. The molecule has 19 heavy (non-hydrogen) atoms. The Bertz CT molecular complexity index is 490. The van der Waals surface area contributed by atoms with Crippen LogP contribution in [0.1, 0.15) is 24.3 Å². The van der Waals surface area contributed by atoms with E-state index in [1.165, 1.54) is 12.1 Å². The summed E-state index contributed by atoms with van der Waals surface area (Å²) in [5.41, 5.74) is 0.624. The van der Waals surface area contributed by atoms with Crippen LogP contribution in [0.5, 0.6) is 5.75 Å². The van der Waals surface area contributed by atoms with E-state index < -0.39 is 12.1 Å². The van der Waals surface area contributed by atoms with Gasteiger partial charge in [-0.2, -0.15) is 0 Å². The molecule has 1 N–H and O–H groups in total. The molecule has 7 heteroatoms. The summed E-state index contributed by atoms with van der Waals surface area (Å²) >= 11 is 5.67. The fourth-order valence-corrected chi connectivity index (χ4v) is 2.20. The third kappa shape index (κ3) is 3.76. The number of nitrogens with one attached hydrogen (secondary N) is 1. The first-order chi connectivity index (χ1) is 8.85. The molecule has 0 spiro atoms. The van der Waals surface area contributed by atoms with E-state index in [9.17, 15) is 18.0 Å². The maximum Gasteiger partial charge on any atom is 0.573 e. The van der Waals surface area contributed by atoms with Crippen molar-refractivity contribution in [1.29, 1.82) is 0 Å². The highest BCUT2D eigenvalue weighted by molar-refractivity contribution is 6.32. The molecular formula is C12H11ClF3NO2. The Morgan fingerprint density at radius 3 is 2.74 bits per heavy atom. The molecule has 3 nitrogen and oxygen atoms in total. The zero-order chi connectivity index (χ0) is 14.0. The molecule has 0 aliphatic carbocycles. The fraction of sp³-hybridized carbons (Fsp3) is 0.417. The number of benzene rings is 1. The first-order valence-electron chi connectivity index (χ1n) is 5.67. The second kappa shape index (κ2) is 5.28. The molecule has 1 aliphatic heterocycles. The number of ether oxygens (including phenoxy) is 1. The van der Waals surface area contributed by atoms with Crippen molar-refractivity contribution in [3.8, 4) is 5.75 Å². The molecule has 1 amide bonds. The SMILES string of the molecule is O=C1C[C@@H](c2ccc(Cl)c(OC(F)(F)F)c2)CCN1. The van der Waals surface area contributed by atoms with Crippen LogP contribution in [0.2, 0.25) is 5.02 Å². The number of carbonyl (C=O) groups excluding carboxylic acids is 1. The fourth-order valence-electron chi connectivity index (χ4n) is 2.05. The van der Waals surface area contributed by atoms with Crippen molar-refractivity contribution in [3.63, 3.8) is 0 Å². The van der Waals surface area contributed by atoms with Crippen LogP contribution in [-0.2, 0) is 4.79 Å². The van der Waals surface area contributed by atoms with Crippen LogP contribution in [0.25, 0.3) is 0 Å². The Balaban J connectivity index is 2.22. The van der Waals surface area contributed by atoms with E-state index in [1.807, 2.05) is 0 Å². The van der Waals surface area contributed by atoms with Gasteiger partial charge in [-0.15, -0.1) is 13.2 Å². The van der Waals surface area contributed by atoms with E-state index >= 15 is 0 Å². The van der Waals surface area contributed by atoms with Gasteiger partial charge in [0.15, 0.2) is 0 Å². The van der Waals surface area contributed by atoms with Crippen LogP contribution < -0.4 is 10.1 Å². The van der Waals surface area contributed by atoms with Gasteiger partial charge in [0.1, 0.15) is 5.75 Å². The lowest BCUT2D eigenvalue weighted by Crippen LogP contribution is -2.32. The lowest BCUT2D eigenvalue weighted by atomic mass is 9.90. The van der Waals surface area contributed by atoms with Crippen LogP contribution in [0.15, 0.2) is 18.2 Å². The van der Waals surface area contributed by atoms with Gasteiger partial charge in [0.05, 0.1) is 5.02 Å². The van der Waals surface area contributed by atoms with Crippen molar-refractivity contribution < 1.29 is 22.7 Å². The minimum Gasteiger partial charge on any atom is -0.404 e. The van der Waals surface area contributed by atoms with Crippen molar-refractivity contribution in [2.45, 2.75) is 25.1 Å². The Kier molecular flexibility index (Phi) is 3.89. The van der Waals surface area contributed by atoms with Crippen LogP contribution in [0.3, 0.4) is 0 Å². The molecular weight excluding hydrogens is 283 g/mol. The highest BCUT2D eigenvalue weighted by Crippen LogP contribution is 2.35. The normalized spacial score (nSPS) is 20.0. The number of amides is 1. The van der Waals surface area contributed by atoms with Crippen molar-refractivity contribution >= 4 is 17.5 Å². The Morgan fingerprint density at radius 2 is 2.11 bits per heavy atom. The van der Waals surface area contributed by atoms with Gasteiger partial charge in [0.25, 0.3) is 0 Å². The monoisotopic (exact) mass is 293 g/mol. The summed E-state index contributed by atoms with van der Waals surface area (Å²) in [7, 11) is 0. The predicted molar refractivity (Wildman–Crippen MR) is 63.1 cm³/mol. The predicted octanol–water partition coefficient (Wildman–Crippen LogP) is 3.23. The van der Waals surface area contributed by atoms with E-state index in [0.29, 0.717) is 18.5 Å². The Labute approximate surface area is 112 Å². The number of hydrogen-bond donors (Lipinski definition) is 1. The average molecular weight is 294 g/mol. The summed E-state index contributed by atoms with van der Waals surface area (Å²) in [5.74, 6) is -0.649. The first-order valence-corrected chi connectivity index (χ1v) is 6.05. The van der Waals surface area contributed by atoms with E-state index in [0.717, 1.165) is 0 Å². The van der Waals surface area contributed by atoms with Gasteiger partial charge in [0, 0.05) is 13.0 Å². The van der Waals surface area contributed by atoms with Gasteiger partial charge in [-0.3, -0.25) is 4.79 Å². The number of alkyl halides is 3. The first kappa shape index (κ1) is 14.0. The largest absolute Gasteiger partial charge is 0.573 e. The molecule has 2 rings (SSSR count). The topological polar surface area (TPSA) is 38.3 Å². The standard InChI is InChI=1S/C12H11ClF3NO2/c13-9-2-1-7(5-10(9)19-12(14,15)16)8-3-4-17-11(18)6-8/h1-2,5,8H,3-4,6H2,(H,17,18)/t8-/m0/s1. The maximum atomic E-state index is 12.2. The minimum atomic E-state index is -4.79. The van der Waals surface area contributed by atoms with Crippen LogP contribution in [0, 0.1) is 0 Å². The zero-order valence-electron chi connectivity index (χ0n) is 9.76. The van der Waals surface area contributed by atoms with Gasteiger partial charge in [0.2, 0.25) is 5.91 Å². The van der Waals surface area contributed by atoms with Crippen molar-refractivity contribution in [2.24, 2.45) is 0 Å². The summed E-state index contributed by atoms with van der Waals surface area (Å²) in [4.78, 5) is 11.3. The second-order valence-electron chi connectivity index (χ2n) is 4.28. The molecule has 104 valence electrons. The van der Waals surface area contributed by atoms with E-state index in [1.54, 1.807) is 6.07 Å². The number of hydrogen-bond acceptors (Lipinski definition) is 2. The number of carbonyl (C=O) groups is 1. The van der Waals surface area contributed by atoms with Crippen molar-refractivity contribution in [2.75, 3.05) is 6.54 Å². The van der Waals surface area contributed by atoms with Crippen molar-refractivity contribution in [3.05, 3.63) is 28.8 Å². The van der Waals surface area contributed by atoms with E-state index in [4.69, 9.17) is 11.6 Å². The highest BCUT2D eigenvalue weighted by Gasteiger charge is 2.32. The molecule has 0 bridgehead atoms. The van der Waals surface area contributed by atoms with Gasteiger partial charge >= 0.3 is 6.36 Å². The van der Waals surface area contributed by atoms with Gasteiger partial charge in [-0.05, 0) is 30.0 Å². The van der Waals surface area contributed by atoms with Crippen LogP contribution in [0.4, 0.5) is 13.2 Å². The third-order valence-electron chi connectivity index (χ3n) is 2.90. The molecule has 1 atom stereocenters. The van der Waals surface area contributed by atoms with Crippen LogP contribution in [-0.4, -0.2) is 18.8 Å². The molecule has 1 aromatic carbocycles. The quantitative estimate of drug-likeness (QED) is 0.909. The van der Waals surface area contributed by atoms with Gasteiger partial charge in [-0.25, -0.2) is 0 Å². The average Bonchev–Trinajstić information content (AvgIpc) is 2.30. The molecule has 0 saturated carbocycles. The molecule has 0 radical (unpaired) electrons. The van der Waals surface area contributed by atoms with Crippen LogP contribution >= 0.6 is 11.6 Å². The summed E-state index contributed by atoms with van der Waals surface area (Å²) < 4.78 is 40.5. The molecule has 1 aliphatic rings. The maximum absolute atomic E-state index is 12.2. The molecule has 1 heterocycles. The smallest absolute Gasteiger partial charge is 0.404 e. The molecule has 0 aromatic heterocycles. The molecule has 1 fully saturated rings. The zero-order valence-corrected chi connectivity index (χ0v) is 10.5. The minimum absolute atomic E-state index is 0.107. The third-order valence-corrected chi connectivity index (χ3v) is 3.21. The summed E-state index contributed by atoms with van der Waals surface area (Å²) in [5, 5.41) is 2.56. The lowest BCUT2D eigenvalue weighted by Gasteiger charge is -2.23. The molecule has 1 aromatic rings. The lowest BCUT2D eigenvalue weighted by molar-refractivity contribution is -0.274. The van der Waals surface area contributed by atoms with Gasteiger partial charge in [-0.1, -0.05) is 17.7 Å². The molecule has 1 saturated heterocycles. The Hall–Kier alpha value is -1.43. The summed E-state index contributed by atoms with van der Waals surface area (Å²) in [6, 6.07) is 4.22.